The van der Waals surface area contributed by atoms with Crippen molar-refractivity contribution in [3.63, 3.8) is 0 Å². The minimum Gasteiger partial charge on any atom is -0.463 e. The summed E-state index contributed by atoms with van der Waals surface area (Å²) in [6.45, 7) is 0.985. The number of allylic oxidation sites excluding steroid dienone is 4. The molecule has 5 N–H and O–H groups in total. The Hall–Kier alpha value is -1.25. The zero-order valence-corrected chi connectivity index (χ0v) is 19.1. The van der Waals surface area contributed by atoms with Crippen molar-refractivity contribution in [2.45, 2.75) is 108 Å². The highest BCUT2D eigenvalue weighted by Gasteiger charge is 2.30. The van der Waals surface area contributed by atoms with Gasteiger partial charge in [0.1, 0.15) is 31.0 Å². The van der Waals surface area contributed by atoms with Crippen LogP contribution in [0.1, 0.15) is 84.0 Å². The maximum Gasteiger partial charge on any atom is 0.305 e. The summed E-state index contributed by atoms with van der Waals surface area (Å²) in [4.78, 5) is 11.7. The van der Waals surface area contributed by atoms with Gasteiger partial charge < -0.3 is 30.3 Å². The Kier molecular flexibility index (Phi) is 19.8. The largest absolute Gasteiger partial charge is 0.463 e. The molecule has 0 heterocycles. The Balaban J connectivity index is 3.60. The number of rotatable bonds is 20. The van der Waals surface area contributed by atoms with E-state index in [9.17, 15) is 25.2 Å². The molecule has 0 aromatic rings. The van der Waals surface area contributed by atoms with Crippen molar-refractivity contribution in [2.75, 3.05) is 13.2 Å². The molecule has 31 heavy (non-hydrogen) atoms. The van der Waals surface area contributed by atoms with Crippen molar-refractivity contribution >= 4 is 5.97 Å². The topological polar surface area (TPSA) is 127 Å². The van der Waals surface area contributed by atoms with Crippen molar-refractivity contribution in [3.8, 4) is 0 Å². The minimum absolute atomic E-state index is 0.231. The van der Waals surface area contributed by atoms with Gasteiger partial charge in [0.2, 0.25) is 0 Å². The van der Waals surface area contributed by atoms with Gasteiger partial charge in [-0.2, -0.15) is 0 Å². The van der Waals surface area contributed by atoms with Crippen LogP contribution in [0, 0.1) is 0 Å². The van der Waals surface area contributed by atoms with Gasteiger partial charge in [-0.3, -0.25) is 4.79 Å². The Bertz CT molecular complexity index is 479. The molecule has 0 radical (unpaired) electrons. The third-order valence-corrected chi connectivity index (χ3v) is 5.07. The van der Waals surface area contributed by atoms with Gasteiger partial charge in [0.15, 0.2) is 0 Å². The lowest BCUT2D eigenvalue weighted by atomic mass is 10.0. The van der Waals surface area contributed by atoms with Crippen molar-refractivity contribution in [1.82, 2.24) is 0 Å². The number of unbranched alkanes of at least 4 members (excludes halogenated alkanes) is 8. The molecule has 7 nitrogen and oxygen atoms in total. The molecule has 0 saturated carbocycles. The lowest BCUT2D eigenvalue weighted by Crippen LogP contribution is -2.47. The second-order valence-corrected chi connectivity index (χ2v) is 7.96. The fraction of sp³-hybridized carbons (Fsp3) is 0.792. The van der Waals surface area contributed by atoms with Gasteiger partial charge in [-0.1, -0.05) is 63.3 Å². The van der Waals surface area contributed by atoms with E-state index in [1.54, 1.807) is 0 Å². The molecule has 0 aromatic heterocycles. The molecule has 4 atom stereocenters. The SMILES string of the molecule is CCCCCC=CCC=CCCCCCCCC(=O)OC[C@H](O)[C@@H](O)[C@H](O)[C@H](O)CO. The number of ether oxygens (including phenoxy) is 1. The second-order valence-electron chi connectivity index (χ2n) is 7.96. The molecule has 0 rings (SSSR count). The monoisotopic (exact) mass is 444 g/mol. The molecule has 0 aromatic carbocycles. The zero-order chi connectivity index (χ0) is 23.3. The first kappa shape index (κ1) is 29.8. The van der Waals surface area contributed by atoms with Crippen molar-refractivity contribution in [2.24, 2.45) is 0 Å². The molecule has 0 aliphatic rings. The first-order valence-electron chi connectivity index (χ1n) is 11.7. The van der Waals surface area contributed by atoms with Gasteiger partial charge in [0.05, 0.1) is 6.61 Å². The summed E-state index contributed by atoms with van der Waals surface area (Å²) in [6, 6.07) is 0. The maximum absolute atomic E-state index is 11.7. The molecule has 0 saturated heterocycles. The predicted molar refractivity (Wildman–Crippen MR) is 121 cm³/mol. The highest BCUT2D eigenvalue weighted by molar-refractivity contribution is 5.69. The van der Waals surface area contributed by atoms with Gasteiger partial charge in [-0.25, -0.2) is 0 Å². The average molecular weight is 445 g/mol. The summed E-state index contributed by atoms with van der Waals surface area (Å²) < 4.78 is 4.89. The minimum atomic E-state index is -1.72. The third kappa shape index (κ3) is 17.0. The molecule has 0 amide bonds. The number of carbonyl (C=O) groups excluding carboxylic acids is 1. The van der Waals surface area contributed by atoms with E-state index in [0.717, 1.165) is 38.5 Å². The fourth-order valence-electron chi connectivity index (χ4n) is 2.99. The van der Waals surface area contributed by atoms with Crippen LogP contribution >= 0.6 is 0 Å². The first-order chi connectivity index (χ1) is 14.9. The number of aliphatic hydroxyl groups excluding tert-OH is 5. The van der Waals surface area contributed by atoms with E-state index in [4.69, 9.17) is 9.84 Å². The lowest BCUT2D eigenvalue weighted by Gasteiger charge is -2.25. The van der Waals surface area contributed by atoms with E-state index in [-0.39, 0.29) is 6.42 Å². The van der Waals surface area contributed by atoms with Gasteiger partial charge in [0.25, 0.3) is 0 Å². The summed E-state index contributed by atoms with van der Waals surface area (Å²) in [5.41, 5.74) is 0. The zero-order valence-electron chi connectivity index (χ0n) is 19.1. The van der Waals surface area contributed by atoms with Gasteiger partial charge in [-0.05, 0) is 38.5 Å². The molecule has 0 aliphatic heterocycles. The van der Waals surface area contributed by atoms with E-state index in [1.807, 2.05) is 0 Å². The van der Waals surface area contributed by atoms with E-state index < -0.39 is 43.6 Å². The standard InChI is InChI=1S/C24H44O7/c1-2-3-4-5-6-7-8-9-10-11-12-13-14-15-16-17-22(28)31-19-21(27)24(30)23(29)20(26)18-25/h6-7,9-10,20-21,23-27,29-30H,2-5,8,11-19H2,1H3/t20-,21+,23-,24-/m1/s1. The van der Waals surface area contributed by atoms with Gasteiger partial charge >= 0.3 is 5.97 Å². The average Bonchev–Trinajstić information content (AvgIpc) is 2.78. The highest BCUT2D eigenvalue weighted by Crippen LogP contribution is 2.10. The molecule has 0 bridgehead atoms. The highest BCUT2D eigenvalue weighted by atomic mass is 16.5. The number of carbonyl (C=O) groups is 1. The van der Waals surface area contributed by atoms with E-state index in [0.29, 0.717) is 6.42 Å². The van der Waals surface area contributed by atoms with Crippen LogP contribution in [-0.2, 0) is 9.53 Å². The smallest absolute Gasteiger partial charge is 0.305 e. The predicted octanol–water partition coefficient (Wildman–Crippen LogP) is 2.78. The third-order valence-electron chi connectivity index (χ3n) is 5.07. The Morgan fingerprint density at radius 3 is 1.94 bits per heavy atom. The van der Waals surface area contributed by atoms with Crippen LogP contribution < -0.4 is 0 Å². The quantitative estimate of drug-likeness (QED) is 0.111. The van der Waals surface area contributed by atoms with Crippen LogP contribution in [0.2, 0.25) is 0 Å². The second kappa shape index (κ2) is 20.6. The van der Waals surface area contributed by atoms with Crippen molar-refractivity contribution in [1.29, 1.82) is 0 Å². The Labute approximate surface area is 187 Å². The molecule has 0 fully saturated rings. The summed E-state index contributed by atoms with van der Waals surface area (Å²) in [5, 5.41) is 46.8. The van der Waals surface area contributed by atoms with Crippen molar-refractivity contribution < 1.29 is 35.1 Å². The molecular formula is C24H44O7. The van der Waals surface area contributed by atoms with Gasteiger partial charge in [0, 0.05) is 6.42 Å². The number of hydrogen-bond donors (Lipinski definition) is 5. The molecule has 0 spiro atoms. The van der Waals surface area contributed by atoms with Crippen LogP contribution in [-0.4, -0.2) is 69.1 Å². The van der Waals surface area contributed by atoms with E-state index in [1.165, 1.54) is 25.7 Å². The molecule has 182 valence electrons. The van der Waals surface area contributed by atoms with Crippen LogP contribution in [0.25, 0.3) is 0 Å². The summed E-state index contributed by atoms with van der Waals surface area (Å²) in [7, 11) is 0. The van der Waals surface area contributed by atoms with Crippen LogP contribution in [0.3, 0.4) is 0 Å². The number of aliphatic hydroxyl groups is 5. The lowest BCUT2D eigenvalue weighted by molar-refractivity contribution is -0.156. The summed E-state index contributed by atoms with van der Waals surface area (Å²) in [5.74, 6) is -0.478. The molecular weight excluding hydrogens is 400 g/mol. The fourth-order valence-corrected chi connectivity index (χ4v) is 2.99. The number of esters is 1. The summed E-state index contributed by atoms with van der Waals surface area (Å²) >= 11 is 0. The van der Waals surface area contributed by atoms with Crippen molar-refractivity contribution in [3.05, 3.63) is 24.3 Å². The molecule has 0 aliphatic carbocycles. The van der Waals surface area contributed by atoms with E-state index in [2.05, 4.69) is 31.2 Å². The molecule has 0 unspecified atom stereocenters. The van der Waals surface area contributed by atoms with Crippen LogP contribution in [0.4, 0.5) is 0 Å². The number of hydrogen-bond acceptors (Lipinski definition) is 7. The Morgan fingerprint density at radius 1 is 0.774 bits per heavy atom. The van der Waals surface area contributed by atoms with Gasteiger partial charge in [-0.15, -0.1) is 0 Å². The Morgan fingerprint density at radius 2 is 1.32 bits per heavy atom. The van der Waals surface area contributed by atoms with Crippen LogP contribution in [0.15, 0.2) is 24.3 Å². The normalized spacial score (nSPS) is 15.9. The first-order valence-corrected chi connectivity index (χ1v) is 11.7. The summed E-state index contributed by atoms with van der Waals surface area (Å²) in [6.07, 6.45) is 14.6. The van der Waals surface area contributed by atoms with E-state index >= 15 is 0 Å². The maximum atomic E-state index is 11.7. The van der Waals surface area contributed by atoms with Crippen LogP contribution in [0.5, 0.6) is 0 Å². The molecule has 7 heteroatoms.